The number of halogens is 1. The number of fused-ring (bicyclic) bond motifs is 1. The van der Waals surface area contributed by atoms with E-state index in [2.05, 4.69) is 20.9 Å². The van der Waals surface area contributed by atoms with Crippen molar-refractivity contribution in [2.75, 3.05) is 13.2 Å². The third-order valence-corrected chi connectivity index (χ3v) is 9.48. The molecule has 1 aliphatic rings. The number of benzene rings is 4. The van der Waals surface area contributed by atoms with Gasteiger partial charge in [0.05, 0.1) is 22.2 Å². The molecule has 8 N–H and O–H groups in total. The van der Waals surface area contributed by atoms with Crippen molar-refractivity contribution in [3.05, 3.63) is 140 Å². The lowest BCUT2D eigenvalue weighted by Gasteiger charge is -2.36. The summed E-state index contributed by atoms with van der Waals surface area (Å²) in [6.07, 6.45) is 0.0763. The maximum absolute atomic E-state index is 13.0. The number of pyridine rings is 1. The highest BCUT2D eigenvalue weighted by Gasteiger charge is 2.40. The molecule has 0 saturated heterocycles. The number of H-pyrrole nitrogens is 1. The summed E-state index contributed by atoms with van der Waals surface area (Å²) in [5.74, 6) is -2.07. The second-order valence-corrected chi connectivity index (χ2v) is 13.3. The summed E-state index contributed by atoms with van der Waals surface area (Å²) in [4.78, 5) is 51.9. The minimum Gasteiger partial charge on any atom is -0.506 e. The number of phenolic OH excluding ortho intramolecular Hbond substituents is 1. The first kappa shape index (κ1) is 37.0. The van der Waals surface area contributed by atoms with Gasteiger partial charge in [0.1, 0.15) is 11.5 Å². The Morgan fingerprint density at radius 2 is 1.64 bits per heavy atom. The second kappa shape index (κ2) is 15.9. The Bertz CT molecular complexity index is 2210. The number of carboxylic acid groups (broad SMARTS) is 1. The van der Waals surface area contributed by atoms with Crippen LogP contribution in [0.5, 0.6) is 11.5 Å². The number of carboxylic acids is 1. The van der Waals surface area contributed by atoms with Gasteiger partial charge in [0.25, 0.3) is 11.8 Å². The van der Waals surface area contributed by atoms with Crippen LogP contribution in [-0.2, 0) is 21.7 Å². The average Bonchev–Trinajstić information content (AvgIpc) is 3.13. The van der Waals surface area contributed by atoms with Crippen molar-refractivity contribution >= 4 is 40.3 Å². The zero-order valence-electron chi connectivity index (χ0n) is 28.2. The van der Waals surface area contributed by atoms with Gasteiger partial charge in [0.15, 0.2) is 6.61 Å². The van der Waals surface area contributed by atoms with E-state index in [9.17, 15) is 39.6 Å². The molecule has 5 aromatic rings. The van der Waals surface area contributed by atoms with E-state index < -0.39 is 23.6 Å². The van der Waals surface area contributed by atoms with Crippen molar-refractivity contribution in [2.45, 2.75) is 43.2 Å². The topological polar surface area (TPSA) is 210 Å². The summed E-state index contributed by atoms with van der Waals surface area (Å²) >= 11 is 6.46. The highest BCUT2D eigenvalue weighted by molar-refractivity contribution is 6.33. The van der Waals surface area contributed by atoms with E-state index >= 15 is 0 Å². The SMILES string of the molecule is O=C(COc1cccc([C@](O)(C(=O)O)c2ccccc2)c1)N[C@H]1C[C@H](NC(=O)c2ccc(CNC[C@H](O)c3ccc(O)c4[nH]c(=O)ccc34)cc2Cl)C1. The molecule has 6 rings (SSSR count). The molecular weight excluding hydrogens is 704 g/mol. The largest absolute Gasteiger partial charge is 0.506 e. The van der Waals surface area contributed by atoms with E-state index in [1.165, 1.54) is 42.5 Å². The summed E-state index contributed by atoms with van der Waals surface area (Å²) < 4.78 is 5.60. The molecular formula is C39H37ClN4O9. The van der Waals surface area contributed by atoms with Crippen LogP contribution in [0.1, 0.15) is 51.6 Å². The maximum Gasteiger partial charge on any atom is 0.345 e. The molecule has 13 nitrogen and oxygen atoms in total. The van der Waals surface area contributed by atoms with Gasteiger partial charge in [-0.15, -0.1) is 0 Å². The van der Waals surface area contributed by atoms with Gasteiger partial charge in [0.2, 0.25) is 11.2 Å². The predicted molar refractivity (Wildman–Crippen MR) is 196 cm³/mol. The molecule has 4 aromatic carbocycles. The number of carbonyl (C=O) groups excluding carboxylic acids is 2. The molecule has 0 aliphatic heterocycles. The van der Waals surface area contributed by atoms with Crippen LogP contribution in [0.25, 0.3) is 10.9 Å². The lowest BCUT2D eigenvalue weighted by atomic mass is 9.86. The number of aliphatic hydroxyl groups is 2. The van der Waals surface area contributed by atoms with Gasteiger partial charge in [-0.25, -0.2) is 4.79 Å². The zero-order chi connectivity index (χ0) is 37.7. The van der Waals surface area contributed by atoms with Crippen LogP contribution in [-0.4, -0.2) is 68.4 Å². The highest BCUT2D eigenvalue weighted by atomic mass is 35.5. The maximum atomic E-state index is 13.0. The van der Waals surface area contributed by atoms with E-state index in [1.54, 1.807) is 54.6 Å². The van der Waals surface area contributed by atoms with E-state index in [1.807, 2.05) is 0 Å². The lowest BCUT2D eigenvalue weighted by molar-refractivity contribution is -0.155. The highest BCUT2D eigenvalue weighted by Crippen LogP contribution is 2.32. The van der Waals surface area contributed by atoms with E-state index in [-0.39, 0.29) is 69.9 Å². The smallest absolute Gasteiger partial charge is 0.345 e. The Balaban J connectivity index is 0.938. The van der Waals surface area contributed by atoms with Crippen molar-refractivity contribution in [1.29, 1.82) is 0 Å². The molecule has 1 fully saturated rings. The number of hydrogen-bond donors (Lipinski definition) is 8. The Morgan fingerprint density at radius 3 is 2.38 bits per heavy atom. The van der Waals surface area contributed by atoms with Gasteiger partial charge >= 0.3 is 5.97 Å². The first-order valence-corrected chi connectivity index (χ1v) is 17.2. The molecule has 274 valence electrons. The number of hydrogen-bond acceptors (Lipinski definition) is 9. The van der Waals surface area contributed by atoms with E-state index in [4.69, 9.17) is 16.3 Å². The Kier molecular flexibility index (Phi) is 11.1. The second-order valence-electron chi connectivity index (χ2n) is 12.9. The van der Waals surface area contributed by atoms with Gasteiger partial charge in [-0.2, -0.15) is 0 Å². The molecule has 2 amide bonds. The summed E-state index contributed by atoms with van der Waals surface area (Å²) in [5, 5.41) is 51.6. The average molecular weight is 741 g/mol. The number of rotatable bonds is 14. The molecule has 1 saturated carbocycles. The molecule has 0 bridgehead atoms. The zero-order valence-corrected chi connectivity index (χ0v) is 29.0. The first-order chi connectivity index (χ1) is 25.4. The van der Waals surface area contributed by atoms with Crippen molar-refractivity contribution in [1.82, 2.24) is 20.9 Å². The molecule has 0 spiro atoms. The third kappa shape index (κ3) is 8.34. The van der Waals surface area contributed by atoms with Crippen LogP contribution in [0.4, 0.5) is 0 Å². The molecule has 1 aliphatic carbocycles. The summed E-state index contributed by atoms with van der Waals surface area (Å²) in [5.41, 5.74) is -0.541. The minimum absolute atomic E-state index is 0.0786. The van der Waals surface area contributed by atoms with Crippen LogP contribution < -0.4 is 26.2 Å². The number of aromatic amines is 1. The minimum atomic E-state index is -2.31. The van der Waals surface area contributed by atoms with Crippen molar-refractivity contribution in [2.24, 2.45) is 0 Å². The number of nitrogens with one attached hydrogen (secondary N) is 4. The number of aromatic hydroxyl groups is 1. The van der Waals surface area contributed by atoms with Crippen LogP contribution in [0.3, 0.4) is 0 Å². The van der Waals surface area contributed by atoms with E-state index in [0.717, 1.165) is 5.56 Å². The van der Waals surface area contributed by atoms with Crippen molar-refractivity contribution in [3.8, 4) is 11.5 Å². The fraction of sp³-hybridized carbons (Fsp3) is 0.231. The third-order valence-electron chi connectivity index (χ3n) is 9.17. The van der Waals surface area contributed by atoms with Gasteiger partial charge < -0.3 is 46.1 Å². The van der Waals surface area contributed by atoms with Crippen LogP contribution in [0.15, 0.2) is 102 Å². The van der Waals surface area contributed by atoms with Crippen LogP contribution >= 0.6 is 11.6 Å². The summed E-state index contributed by atoms with van der Waals surface area (Å²) in [6.45, 7) is 0.186. The van der Waals surface area contributed by atoms with Gasteiger partial charge in [-0.05, 0) is 65.9 Å². The predicted octanol–water partition coefficient (Wildman–Crippen LogP) is 3.49. The van der Waals surface area contributed by atoms with Crippen LogP contribution in [0.2, 0.25) is 5.02 Å². The molecule has 2 atom stereocenters. The normalized spacial score (nSPS) is 16.9. The summed E-state index contributed by atoms with van der Waals surface area (Å²) in [6, 6.07) is 24.5. The molecule has 0 radical (unpaired) electrons. The van der Waals surface area contributed by atoms with Gasteiger partial charge in [0, 0.05) is 42.2 Å². The number of carbonyl (C=O) groups is 3. The Morgan fingerprint density at radius 1 is 0.906 bits per heavy atom. The van der Waals surface area contributed by atoms with Crippen LogP contribution in [0, 0.1) is 0 Å². The molecule has 14 heteroatoms. The fourth-order valence-electron chi connectivity index (χ4n) is 6.30. The fourth-order valence-corrected chi connectivity index (χ4v) is 6.59. The van der Waals surface area contributed by atoms with Crippen molar-refractivity contribution in [3.63, 3.8) is 0 Å². The number of aliphatic hydroxyl groups excluding tert-OH is 1. The van der Waals surface area contributed by atoms with Crippen molar-refractivity contribution < 1.29 is 39.5 Å². The van der Waals surface area contributed by atoms with Gasteiger partial charge in [-0.1, -0.05) is 66.2 Å². The Labute approximate surface area is 308 Å². The lowest BCUT2D eigenvalue weighted by Crippen LogP contribution is -2.54. The van der Waals surface area contributed by atoms with E-state index in [0.29, 0.717) is 35.9 Å². The quantitative estimate of drug-likeness (QED) is 0.0831. The molecule has 53 heavy (non-hydrogen) atoms. The molecule has 1 heterocycles. The molecule has 1 aromatic heterocycles. The number of aliphatic carboxylic acids is 1. The number of ether oxygens (including phenoxy) is 1. The Hall–Kier alpha value is -5.73. The number of amides is 2. The first-order valence-electron chi connectivity index (χ1n) is 16.8. The standard InChI is InChI=1S/C39H37ClN4O9/c40-31-15-22(19-41-20-33(46)28-11-13-32(45)36-29(28)12-14-34(47)44-36)9-10-30(31)37(49)43-26-17-25(18-26)42-35(48)21-53-27-8-4-7-24(16-27)39(52,38(50)51)23-5-2-1-3-6-23/h1-16,25-26,33,41,45-46,52H,17-21H2,(H,42,48)(H,43,49)(H,44,47)(H,50,51)/t25-,26-,33-,39-/m0/s1. The van der Waals surface area contributed by atoms with Gasteiger partial charge in [-0.3, -0.25) is 14.4 Å². The molecule has 0 unspecified atom stereocenters. The number of phenols is 1. The summed E-state index contributed by atoms with van der Waals surface area (Å²) in [7, 11) is 0. The number of aromatic nitrogens is 1. The monoisotopic (exact) mass is 740 g/mol.